The average Bonchev–Trinajstić information content (AvgIpc) is 2.41. The molecular formula is C17H26FNO. The Morgan fingerprint density at radius 3 is 2.50 bits per heavy atom. The van der Waals surface area contributed by atoms with E-state index in [1.807, 2.05) is 6.07 Å². The number of unbranched alkanes of at least 4 members (excludes halogenated alkanes) is 1. The molecule has 0 aliphatic carbocycles. The van der Waals surface area contributed by atoms with E-state index >= 15 is 0 Å². The molecule has 1 unspecified atom stereocenters. The number of anilines is 1. The van der Waals surface area contributed by atoms with Gasteiger partial charge in [-0.25, -0.2) is 4.39 Å². The molecule has 0 fully saturated rings. The topological polar surface area (TPSA) is 20.3 Å². The highest BCUT2D eigenvalue weighted by Gasteiger charge is 2.19. The third-order valence-corrected chi connectivity index (χ3v) is 3.84. The molecule has 112 valence electrons. The van der Waals surface area contributed by atoms with E-state index in [1.165, 1.54) is 13.0 Å². The number of halogens is 1. The maximum atomic E-state index is 13.7. The van der Waals surface area contributed by atoms with Gasteiger partial charge >= 0.3 is 0 Å². The predicted molar refractivity (Wildman–Crippen MR) is 83.1 cm³/mol. The van der Waals surface area contributed by atoms with Crippen LogP contribution in [0.25, 0.3) is 0 Å². The number of carbonyl (C=O) groups is 1. The first-order chi connectivity index (χ1) is 9.42. The summed E-state index contributed by atoms with van der Waals surface area (Å²) in [6.07, 6.45) is 3.16. The second-order valence-electron chi connectivity index (χ2n) is 5.48. The minimum Gasteiger partial charge on any atom is -0.368 e. The summed E-state index contributed by atoms with van der Waals surface area (Å²) in [7, 11) is 0. The second kappa shape index (κ2) is 7.41. The molecule has 1 atom stereocenters. The van der Waals surface area contributed by atoms with Gasteiger partial charge in [-0.2, -0.15) is 0 Å². The molecule has 0 heterocycles. The number of aryl methyl sites for hydroxylation is 1. The Morgan fingerprint density at radius 2 is 2.00 bits per heavy atom. The van der Waals surface area contributed by atoms with Crippen LogP contribution in [0.15, 0.2) is 12.1 Å². The highest BCUT2D eigenvalue weighted by Crippen LogP contribution is 2.27. The average molecular weight is 279 g/mol. The van der Waals surface area contributed by atoms with Crippen LogP contribution >= 0.6 is 0 Å². The van der Waals surface area contributed by atoms with Gasteiger partial charge < -0.3 is 4.90 Å². The zero-order valence-corrected chi connectivity index (χ0v) is 13.3. The number of hydrogen-bond donors (Lipinski definition) is 0. The SMILES string of the molecule is CCCCN(c1cc(C)c(F)cc1C(C)=O)C(C)CC. The first-order valence-electron chi connectivity index (χ1n) is 7.50. The summed E-state index contributed by atoms with van der Waals surface area (Å²) in [6, 6.07) is 3.53. The highest BCUT2D eigenvalue weighted by molar-refractivity contribution is 6.00. The molecule has 0 N–H and O–H groups in total. The molecule has 0 bridgehead atoms. The summed E-state index contributed by atoms with van der Waals surface area (Å²) in [4.78, 5) is 14.1. The molecule has 0 amide bonds. The Balaban J connectivity index is 3.29. The van der Waals surface area contributed by atoms with E-state index in [-0.39, 0.29) is 11.6 Å². The minimum absolute atomic E-state index is 0.0799. The van der Waals surface area contributed by atoms with Crippen molar-refractivity contribution >= 4 is 11.5 Å². The number of nitrogens with zero attached hydrogens (tertiary/aromatic N) is 1. The number of rotatable bonds is 7. The molecule has 2 nitrogen and oxygen atoms in total. The summed E-state index contributed by atoms with van der Waals surface area (Å²) in [5.74, 6) is -0.387. The molecule has 1 aromatic rings. The number of hydrogen-bond acceptors (Lipinski definition) is 2. The van der Waals surface area contributed by atoms with Gasteiger partial charge in [-0.05, 0) is 51.3 Å². The number of Topliss-reactive ketones (excluding diaryl/α,β-unsaturated/α-hetero) is 1. The summed E-state index contributed by atoms with van der Waals surface area (Å²) in [6.45, 7) is 10.6. The van der Waals surface area contributed by atoms with Crippen LogP contribution in [0.5, 0.6) is 0 Å². The normalized spacial score (nSPS) is 12.3. The van der Waals surface area contributed by atoms with E-state index in [4.69, 9.17) is 0 Å². The lowest BCUT2D eigenvalue weighted by atomic mass is 10.0. The Morgan fingerprint density at radius 1 is 1.35 bits per heavy atom. The summed E-state index contributed by atoms with van der Waals surface area (Å²) < 4.78 is 13.7. The molecule has 0 saturated heterocycles. The third kappa shape index (κ3) is 3.81. The lowest BCUT2D eigenvalue weighted by Crippen LogP contribution is -2.34. The van der Waals surface area contributed by atoms with Gasteiger partial charge in [0.25, 0.3) is 0 Å². The molecule has 0 spiro atoms. The lowest BCUT2D eigenvalue weighted by Gasteiger charge is -2.32. The fourth-order valence-corrected chi connectivity index (χ4v) is 2.31. The van der Waals surface area contributed by atoms with Gasteiger partial charge in [-0.15, -0.1) is 0 Å². The zero-order chi connectivity index (χ0) is 15.3. The monoisotopic (exact) mass is 279 g/mol. The Kier molecular flexibility index (Phi) is 6.18. The zero-order valence-electron chi connectivity index (χ0n) is 13.3. The highest BCUT2D eigenvalue weighted by atomic mass is 19.1. The van der Waals surface area contributed by atoms with Crippen molar-refractivity contribution in [1.82, 2.24) is 0 Å². The summed E-state index contributed by atoms with van der Waals surface area (Å²) in [5, 5.41) is 0. The summed E-state index contributed by atoms with van der Waals surface area (Å²) in [5.41, 5.74) is 1.96. The van der Waals surface area contributed by atoms with Gasteiger partial charge in [0.15, 0.2) is 5.78 Å². The third-order valence-electron chi connectivity index (χ3n) is 3.84. The number of ketones is 1. The first-order valence-corrected chi connectivity index (χ1v) is 7.50. The van der Waals surface area contributed by atoms with E-state index in [0.717, 1.165) is 31.5 Å². The van der Waals surface area contributed by atoms with Crippen molar-refractivity contribution in [2.75, 3.05) is 11.4 Å². The summed E-state index contributed by atoms with van der Waals surface area (Å²) >= 11 is 0. The van der Waals surface area contributed by atoms with Crippen LogP contribution in [0.2, 0.25) is 0 Å². The van der Waals surface area contributed by atoms with Gasteiger partial charge in [0.2, 0.25) is 0 Å². The standard InChI is InChI=1S/C17H26FNO/c1-6-8-9-19(13(4)7-2)17-10-12(3)16(18)11-15(17)14(5)20/h10-11,13H,6-9H2,1-5H3. The van der Waals surface area contributed by atoms with E-state index in [1.54, 1.807) is 6.92 Å². The molecule has 0 aliphatic heterocycles. The van der Waals surface area contributed by atoms with Crippen molar-refractivity contribution in [3.05, 3.63) is 29.1 Å². The van der Waals surface area contributed by atoms with Crippen LogP contribution in [-0.2, 0) is 0 Å². The van der Waals surface area contributed by atoms with Crippen molar-refractivity contribution in [2.24, 2.45) is 0 Å². The Hall–Kier alpha value is -1.38. The van der Waals surface area contributed by atoms with Gasteiger partial charge in [0.1, 0.15) is 5.82 Å². The Bertz CT molecular complexity index is 470. The quantitative estimate of drug-likeness (QED) is 0.672. The molecule has 20 heavy (non-hydrogen) atoms. The molecule has 1 rings (SSSR count). The van der Waals surface area contributed by atoms with Gasteiger partial charge in [0.05, 0.1) is 0 Å². The molecule has 0 radical (unpaired) electrons. The molecule has 0 aliphatic rings. The molecule has 1 aromatic carbocycles. The van der Waals surface area contributed by atoms with Crippen molar-refractivity contribution in [2.45, 2.75) is 59.9 Å². The predicted octanol–water partition coefficient (Wildman–Crippen LogP) is 4.74. The van der Waals surface area contributed by atoms with E-state index in [0.29, 0.717) is 17.2 Å². The maximum Gasteiger partial charge on any atom is 0.161 e. The van der Waals surface area contributed by atoms with Gasteiger partial charge in [-0.1, -0.05) is 20.3 Å². The van der Waals surface area contributed by atoms with Crippen LogP contribution in [-0.4, -0.2) is 18.4 Å². The van der Waals surface area contributed by atoms with E-state index in [2.05, 4.69) is 25.7 Å². The number of carbonyl (C=O) groups excluding carboxylic acids is 1. The fourth-order valence-electron chi connectivity index (χ4n) is 2.31. The van der Waals surface area contributed by atoms with Crippen molar-refractivity contribution in [1.29, 1.82) is 0 Å². The van der Waals surface area contributed by atoms with Crippen molar-refractivity contribution in [3.63, 3.8) is 0 Å². The fraction of sp³-hybridized carbons (Fsp3) is 0.588. The lowest BCUT2D eigenvalue weighted by molar-refractivity contribution is 0.101. The number of benzene rings is 1. The van der Waals surface area contributed by atoms with Crippen LogP contribution < -0.4 is 4.90 Å². The molecule has 3 heteroatoms. The van der Waals surface area contributed by atoms with Crippen molar-refractivity contribution < 1.29 is 9.18 Å². The van der Waals surface area contributed by atoms with Crippen LogP contribution in [0.3, 0.4) is 0 Å². The second-order valence-corrected chi connectivity index (χ2v) is 5.48. The van der Waals surface area contributed by atoms with Gasteiger partial charge in [0, 0.05) is 23.8 Å². The molecule has 0 saturated carbocycles. The first kappa shape index (κ1) is 16.7. The maximum absolute atomic E-state index is 13.7. The molecular weight excluding hydrogens is 253 g/mol. The van der Waals surface area contributed by atoms with E-state index < -0.39 is 0 Å². The largest absolute Gasteiger partial charge is 0.368 e. The minimum atomic E-state index is -0.307. The smallest absolute Gasteiger partial charge is 0.161 e. The van der Waals surface area contributed by atoms with Crippen molar-refractivity contribution in [3.8, 4) is 0 Å². The van der Waals surface area contributed by atoms with Crippen LogP contribution in [0.4, 0.5) is 10.1 Å². The van der Waals surface area contributed by atoms with Crippen LogP contribution in [0.1, 0.15) is 62.9 Å². The van der Waals surface area contributed by atoms with Gasteiger partial charge in [-0.3, -0.25) is 4.79 Å². The van der Waals surface area contributed by atoms with E-state index in [9.17, 15) is 9.18 Å². The van der Waals surface area contributed by atoms with Crippen LogP contribution in [0, 0.1) is 12.7 Å². The Labute approximate surface area is 122 Å². The molecule has 0 aromatic heterocycles.